The van der Waals surface area contributed by atoms with Gasteiger partial charge >= 0.3 is 6.18 Å². The summed E-state index contributed by atoms with van der Waals surface area (Å²) in [6, 6.07) is 6.93. The molecule has 1 aromatic heterocycles. The van der Waals surface area contributed by atoms with Crippen molar-refractivity contribution in [1.29, 1.82) is 0 Å². The lowest BCUT2D eigenvalue weighted by Crippen LogP contribution is -2.14. The van der Waals surface area contributed by atoms with Crippen LogP contribution in [0.3, 0.4) is 0 Å². The van der Waals surface area contributed by atoms with E-state index in [0.29, 0.717) is 17.7 Å². The molecule has 1 fully saturated rings. The van der Waals surface area contributed by atoms with E-state index in [2.05, 4.69) is 0 Å². The third-order valence-corrected chi connectivity index (χ3v) is 7.90. The number of hydrogen-bond acceptors (Lipinski definition) is 4. The van der Waals surface area contributed by atoms with Crippen LogP contribution in [0.5, 0.6) is 0 Å². The summed E-state index contributed by atoms with van der Waals surface area (Å²) in [5, 5.41) is 0. The second-order valence-corrected chi connectivity index (χ2v) is 10.5. The highest BCUT2D eigenvalue weighted by molar-refractivity contribution is 7.99. The molecule has 9 heteroatoms. The van der Waals surface area contributed by atoms with Gasteiger partial charge in [-0.25, -0.2) is 8.42 Å². The van der Waals surface area contributed by atoms with Gasteiger partial charge in [-0.1, -0.05) is 18.2 Å². The molecule has 1 saturated heterocycles. The molecule has 0 bridgehead atoms. The van der Waals surface area contributed by atoms with Gasteiger partial charge < -0.3 is 4.57 Å². The van der Waals surface area contributed by atoms with Crippen LogP contribution in [0.2, 0.25) is 0 Å². The molecule has 0 aliphatic carbocycles. The van der Waals surface area contributed by atoms with Crippen molar-refractivity contribution in [3.63, 3.8) is 0 Å². The van der Waals surface area contributed by atoms with Crippen molar-refractivity contribution in [2.24, 2.45) is 0 Å². The fourth-order valence-corrected chi connectivity index (χ4v) is 6.47. The average Bonchev–Trinajstić information content (AvgIpc) is 3.12. The van der Waals surface area contributed by atoms with E-state index in [0.717, 1.165) is 23.5 Å². The lowest BCUT2D eigenvalue weighted by Gasteiger charge is -2.16. The maximum absolute atomic E-state index is 13.1. The number of nitrogens with zero attached hydrogens (tertiary/aromatic N) is 1. The first kappa shape index (κ1) is 22.0. The van der Waals surface area contributed by atoms with Crippen LogP contribution in [0.25, 0.3) is 0 Å². The predicted octanol–water partition coefficient (Wildman–Crippen LogP) is 4.60. The summed E-state index contributed by atoms with van der Waals surface area (Å²) in [6.07, 6.45) is -3.90. The number of alkyl halides is 3. The molecule has 1 atom stereocenters. The predicted molar refractivity (Wildman–Crippen MR) is 108 cm³/mol. The number of Topliss-reactive ketones (excluding diaryl/α,β-unsaturated/α-hetero) is 1. The molecule has 4 nitrogen and oxygen atoms in total. The van der Waals surface area contributed by atoms with E-state index >= 15 is 0 Å². The molecule has 0 saturated carbocycles. The highest BCUT2D eigenvalue weighted by Crippen LogP contribution is 2.34. The van der Waals surface area contributed by atoms with Crippen molar-refractivity contribution < 1.29 is 26.4 Å². The van der Waals surface area contributed by atoms with Crippen molar-refractivity contribution in [2.75, 3.05) is 17.3 Å². The summed E-state index contributed by atoms with van der Waals surface area (Å²) in [7, 11) is -3.05. The lowest BCUT2D eigenvalue weighted by molar-refractivity contribution is -0.138. The quantitative estimate of drug-likeness (QED) is 0.610. The Hall–Kier alpha value is -1.74. The number of aryl methyl sites for hydroxylation is 1. The molecule has 0 N–H and O–H groups in total. The van der Waals surface area contributed by atoms with Crippen LogP contribution in [-0.2, 0) is 21.8 Å². The number of sulfone groups is 1. The third-order valence-electron chi connectivity index (χ3n) is 5.17. The zero-order valence-corrected chi connectivity index (χ0v) is 17.8. The average molecular weight is 446 g/mol. The Morgan fingerprint density at radius 3 is 2.55 bits per heavy atom. The van der Waals surface area contributed by atoms with Gasteiger partial charge in [0.25, 0.3) is 0 Å². The van der Waals surface area contributed by atoms with Crippen molar-refractivity contribution in [1.82, 2.24) is 4.57 Å². The van der Waals surface area contributed by atoms with Gasteiger partial charge in [-0.2, -0.15) is 13.2 Å². The highest BCUT2D eigenvalue weighted by atomic mass is 32.2. The number of benzene rings is 1. The first-order valence-electron chi connectivity index (χ1n) is 9.14. The van der Waals surface area contributed by atoms with Crippen molar-refractivity contribution in [3.8, 4) is 0 Å². The fourth-order valence-electron chi connectivity index (χ4n) is 3.85. The van der Waals surface area contributed by atoms with Gasteiger partial charge in [0.1, 0.15) is 0 Å². The van der Waals surface area contributed by atoms with Gasteiger partial charge in [-0.3, -0.25) is 4.79 Å². The van der Waals surface area contributed by atoms with Gasteiger partial charge in [0.15, 0.2) is 15.6 Å². The summed E-state index contributed by atoms with van der Waals surface area (Å²) in [6.45, 7) is 3.62. The normalized spacial score (nSPS) is 18.9. The largest absolute Gasteiger partial charge is 0.416 e. The van der Waals surface area contributed by atoms with E-state index < -0.39 is 21.6 Å². The Morgan fingerprint density at radius 1 is 1.24 bits per heavy atom. The van der Waals surface area contributed by atoms with E-state index in [1.165, 1.54) is 12.1 Å². The summed E-state index contributed by atoms with van der Waals surface area (Å²) in [5.74, 6) is 0.187. The molecule has 1 aliphatic heterocycles. The van der Waals surface area contributed by atoms with Crippen LogP contribution in [0.15, 0.2) is 30.3 Å². The minimum Gasteiger partial charge on any atom is -0.344 e. The number of rotatable bonds is 6. The Bertz CT molecular complexity index is 1030. The van der Waals surface area contributed by atoms with E-state index in [9.17, 15) is 26.4 Å². The second-order valence-electron chi connectivity index (χ2n) is 7.28. The first-order chi connectivity index (χ1) is 13.5. The zero-order valence-electron chi connectivity index (χ0n) is 16.1. The summed E-state index contributed by atoms with van der Waals surface area (Å²) >= 11 is 1.14. The Labute approximate surface area is 172 Å². The number of hydrogen-bond donors (Lipinski definition) is 0. The molecule has 1 aliphatic rings. The molecule has 2 aromatic rings. The van der Waals surface area contributed by atoms with Crippen molar-refractivity contribution in [3.05, 3.63) is 58.4 Å². The smallest absolute Gasteiger partial charge is 0.344 e. The van der Waals surface area contributed by atoms with E-state index in [1.807, 2.05) is 11.5 Å². The first-order valence-corrected chi connectivity index (χ1v) is 12.1. The molecule has 2 heterocycles. The summed E-state index contributed by atoms with van der Waals surface area (Å²) in [4.78, 5) is 12.7. The van der Waals surface area contributed by atoms with E-state index in [-0.39, 0.29) is 40.4 Å². The number of thioether (sulfide) groups is 1. The number of carbonyl (C=O) groups excluding carboxylic acids is 1. The molecule has 3 rings (SSSR count). The molecule has 0 amide bonds. The number of aromatic nitrogens is 1. The highest BCUT2D eigenvalue weighted by Gasteiger charge is 2.33. The second kappa shape index (κ2) is 8.18. The van der Waals surface area contributed by atoms with Crippen LogP contribution < -0.4 is 0 Å². The summed E-state index contributed by atoms with van der Waals surface area (Å²) in [5.41, 5.74) is 1.51. The van der Waals surface area contributed by atoms with Crippen molar-refractivity contribution >= 4 is 27.4 Å². The summed E-state index contributed by atoms with van der Waals surface area (Å²) < 4.78 is 64.7. The van der Waals surface area contributed by atoms with Gasteiger partial charge in [0.05, 0.1) is 22.8 Å². The Kier molecular flexibility index (Phi) is 6.19. The zero-order chi connectivity index (χ0) is 21.4. The molecule has 158 valence electrons. The molecule has 29 heavy (non-hydrogen) atoms. The Morgan fingerprint density at radius 2 is 1.93 bits per heavy atom. The SMILES string of the molecule is Cc1cc(C(=O)CSCc2ccccc2C(F)(F)F)c(C)n1C1CCS(=O)(=O)C1. The van der Waals surface area contributed by atoms with Crippen LogP contribution in [0.4, 0.5) is 13.2 Å². The van der Waals surface area contributed by atoms with Gasteiger partial charge in [-0.05, 0) is 38.0 Å². The lowest BCUT2D eigenvalue weighted by atomic mass is 10.1. The Balaban J connectivity index is 1.69. The van der Waals surface area contributed by atoms with E-state index in [4.69, 9.17) is 0 Å². The van der Waals surface area contributed by atoms with Crippen LogP contribution in [-0.4, -0.2) is 36.0 Å². The molecular weight excluding hydrogens is 423 g/mol. The fraction of sp³-hybridized carbons (Fsp3) is 0.450. The van der Waals surface area contributed by atoms with Crippen LogP contribution >= 0.6 is 11.8 Å². The maximum Gasteiger partial charge on any atom is 0.416 e. The van der Waals surface area contributed by atoms with Gasteiger partial charge in [0.2, 0.25) is 0 Å². The molecular formula is C20H22F3NO3S2. The standard InChI is InChI=1S/C20H22F3NO3S2/c1-13-9-17(14(2)24(13)16-7-8-29(26,27)12-16)19(25)11-28-10-15-5-3-4-6-18(15)20(21,22)23/h3-6,9,16H,7-8,10-12H2,1-2H3. The van der Waals surface area contributed by atoms with Gasteiger partial charge in [-0.15, -0.1) is 11.8 Å². The third kappa shape index (κ3) is 4.88. The van der Waals surface area contributed by atoms with Crippen molar-refractivity contribution in [2.45, 2.75) is 38.2 Å². The van der Waals surface area contributed by atoms with Crippen LogP contribution in [0, 0.1) is 13.8 Å². The van der Waals surface area contributed by atoms with Crippen LogP contribution in [0.1, 0.15) is 45.3 Å². The molecule has 1 unspecified atom stereocenters. The monoisotopic (exact) mass is 445 g/mol. The molecule has 0 spiro atoms. The minimum atomic E-state index is -4.42. The number of carbonyl (C=O) groups is 1. The minimum absolute atomic E-state index is 0.0550. The molecule has 0 radical (unpaired) electrons. The number of halogens is 3. The number of ketones is 1. The molecule has 1 aromatic carbocycles. The van der Waals surface area contributed by atoms with Gasteiger partial charge in [0, 0.05) is 28.7 Å². The maximum atomic E-state index is 13.1. The topological polar surface area (TPSA) is 56.1 Å². The van der Waals surface area contributed by atoms with E-state index in [1.54, 1.807) is 19.1 Å².